The van der Waals surface area contributed by atoms with Gasteiger partial charge in [0.05, 0.1) is 17.4 Å². The zero-order chi connectivity index (χ0) is 24.8. The first-order valence-corrected chi connectivity index (χ1v) is 12.1. The number of hydrogen-bond acceptors (Lipinski definition) is 3. The third-order valence-corrected chi connectivity index (χ3v) is 6.28. The summed E-state index contributed by atoms with van der Waals surface area (Å²) >= 11 is 5.99. The summed E-state index contributed by atoms with van der Waals surface area (Å²) in [5.74, 6) is -0.0903. The number of fused-ring (bicyclic) bond motifs is 1. The van der Waals surface area contributed by atoms with Gasteiger partial charge in [-0.3, -0.25) is 18.7 Å². The van der Waals surface area contributed by atoms with E-state index in [9.17, 15) is 14.4 Å². The maximum Gasteiger partial charge on any atom is 0.331 e. The van der Waals surface area contributed by atoms with Crippen LogP contribution in [0, 0.1) is 6.92 Å². The second kappa shape index (κ2) is 11.2. The SMILES string of the molecule is Cc1ccc(CCNC(=O)CCCn2c(=O)c3ccccc3n(Cc3ccc(Cl)cc3)c2=O)cc1. The van der Waals surface area contributed by atoms with E-state index in [1.807, 2.05) is 25.1 Å². The smallest absolute Gasteiger partial charge is 0.331 e. The molecular formula is C28H28ClN3O3. The number of rotatable bonds is 9. The molecule has 4 rings (SSSR count). The lowest BCUT2D eigenvalue weighted by atomic mass is 10.1. The van der Waals surface area contributed by atoms with Gasteiger partial charge in [-0.2, -0.15) is 0 Å². The van der Waals surface area contributed by atoms with Gasteiger partial charge in [0.2, 0.25) is 5.91 Å². The lowest BCUT2D eigenvalue weighted by Gasteiger charge is -2.14. The summed E-state index contributed by atoms with van der Waals surface area (Å²) in [4.78, 5) is 38.7. The number of nitrogens with zero attached hydrogens (tertiary/aromatic N) is 2. The van der Waals surface area contributed by atoms with Crippen molar-refractivity contribution >= 4 is 28.4 Å². The standard InChI is InChI=1S/C28H28ClN3O3/c1-20-8-10-21(11-9-20)16-17-30-26(33)7-4-18-31-27(34)24-5-2-3-6-25(24)32(28(31)35)19-22-12-14-23(29)15-13-22/h2-3,5-6,8-15H,4,7,16-19H2,1H3,(H,30,33). The number of aromatic nitrogens is 2. The fourth-order valence-corrected chi connectivity index (χ4v) is 4.21. The molecule has 6 nitrogen and oxygen atoms in total. The first-order chi connectivity index (χ1) is 16.9. The molecule has 180 valence electrons. The van der Waals surface area contributed by atoms with E-state index < -0.39 is 0 Å². The first kappa shape index (κ1) is 24.5. The molecule has 0 aliphatic carbocycles. The highest BCUT2D eigenvalue weighted by Gasteiger charge is 2.14. The van der Waals surface area contributed by atoms with Gasteiger partial charge in [0.25, 0.3) is 5.56 Å². The normalized spacial score (nSPS) is 11.0. The van der Waals surface area contributed by atoms with Crippen molar-refractivity contribution in [3.8, 4) is 0 Å². The van der Waals surface area contributed by atoms with Gasteiger partial charge in [-0.1, -0.05) is 65.7 Å². The largest absolute Gasteiger partial charge is 0.356 e. The second-order valence-electron chi connectivity index (χ2n) is 8.66. The van der Waals surface area contributed by atoms with E-state index in [1.165, 1.54) is 15.7 Å². The Morgan fingerprint density at radius 3 is 2.31 bits per heavy atom. The average Bonchev–Trinajstić information content (AvgIpc) is 2.86. The summed E-state index contributed by atoms with van der Waals surface area (Å²) in [6, 6.07) is 22.6. The molecule has 0 fully saturated rings. The van der Waals surface area contributed by atoms with Gasteiger partial charge in [0.1, 0.15) is 0 Å². The number of para-hydroxylation sites is 1. The maximum absolute atomic E-state index is 13.3. The van der Waals surface area contributed by atoms with Crippen molar-refractivity contribution in [1.82, 2.24) is 14.5 Å². The number of carbonyl (C=O) groups is 1. The number of nitrogens with one attached hydrogen (secondary N) is 1. The Bertz CT molecular complexity index is 1440. The molecule has 1 amide bonds. The van der Waals surface area contributed by atoms with Crippen LogP contribution < -0.4 is 16.6 Å². The second-order valence-corrected chi connectivity index (χ2v) is 9.09. The number of benzene rings is 3. The van der Waals surface area contributed by atoms with Gasteiger partial charge in [-0.25, -0.2) is 4.79 Å². The molecule has 0 radical (unpaired) electrons. The lowest BCUT2D eigenvalue weighted by molar-refractivity contribution is -0.121. The first-order valence-electron chi connectivity index (χ1n) is 11.7. The Morgan fingerprint density at radius 1 is 0.886 bits per heavy atom. The summed E-state index contributed by atoms with van der Waals surface area (Å²) in [5, 5.41) is 4.01. The van der Waals surface area contributed by atoms with Crippen LogP contribution in [0.3, 0.4) is 0 Å². The van der Waals surface area contributed by atoms with Gasteiger partial charge in [-0.15, -0.1) is 0 Å². The molecule has 35 heavy (non-hydrogen) atoms. The fourth-order valence-electron chi connectivity index (χ4n) is 4.08. The summed E-state index contributed by atoms with van der Waals surface area (Å²) in [6.45, 7) is 3.08. The third kappa shape index (κ3) is 6.08. The number of hydrogen-bond donors (Lipinski definition) is 1. The van der Waals surface area contributed by atoms with Crippen LogP contribution in [0.25, 0.3) is 10.9 Å². The van der Waals surface area contributed by atoms with Crippen molar-refractivity contribution in [3.63, 3.8) is 0 Å². The zero-order valence-corrected chi connectivity index (χ0v) is 20.4. The van der Waals surface area contributed by atoms with Crippen molar-refractivity contribution in [1.29, 1.82) is 0 Å². The molecule has 3 aromatic carbocycles. The van der Waals surface area contributed by atoms with Gasteiger partial charge in [-0.05, 0) is 55.2 Å². The van der Waals surface area contributed by atoms with E-state index in [-0.39, 0.29) is 30.1 Å². The molecule has 0 bridgehead atoms. The van der Waals surface area contributed by atoms with Crippen molar-refractivity contribution in [2.24, 2.45) is 0 Å². The topological polar surface area (TPSA) is 73.1 Å². The monoisotopic (exact) mass is 489 g/mol. The van der Waals surface area contributed by atoms with Gasteiger partial charge in [0, 0.05) is 24.5 Å². The number of amides is 1. The van der Waals surface area contributed by atoms with Crippen molar-refractivity contribution in [2.75, 3.05) is 6.54 Å². The van der Waals surface area contributed by atoms with Crippen LogP contribution in [0.15, 0.2) is 82.4 Å². The minimum atomic E-state index is -0.386. The molecule has 0 atom stereocenters. The van der Waals surface area contributed by atoms with E-state index in [1.54, 1.807) is 34.9 Å². The molecule has 0 aliphatic rings. The molecule has 0 saturated heterocycles. The van der Waals surface area contributed by atoms with Crippen LogP contribution in [0.4, 0.5) is 0 Å². The number of aryl methyl sites for hydroxylation is 1. The third-order valence-electron chi connectivity index (χ3n) is 6.03. The summed E-state index contributed by atoms with van der Waals surface area (Å²) in [5.41, 5.74) is 3.14. The molecule has 7 heteroatoms. The van der Waals surface area contributed by atoms with Gasteiger partial charge < -0.3 is 5.32 Å². The zero-order valence-electron chi connectivity index (χ0n) is 19.7. The van der Waals surface area contributed by atoms with Crippen LogP contribution in [0.5, 0.6) is 0 Å². The van der Waals surface area contributed by atoms with Crippen molar-refractivity contribution < 1.29 is 4.79 Å². The molecule has 4 aromatic rings. The maximum atomic E-state index is 13.3. The van der Waals surface area contributed by atoms with E-state index in [0.29, 0.717) is 35.4 Å². The fraction of sp³-hybridized carbons (Fsp3) is 0.250. The highest BCUT2D eigenvalue weighted by Crippen LogP contribution is 2.13. The van der Waals surface area contributed by atoms with Crippen LogP contribution in [-0.2, 0) is 24.3 Å². The predicted octanol–water partition coefficient (Wildman–Crippen LogP) is 4.31. The Labute approximate surface area is 208 Å². The van der Waals surface area contributed by atoms with Crippen molar-refractivity contribution in [3.05, 3.63) is 115 Å². The number of carbonyl (C=O) groups excluding carboxylic acids is 1. The van der Waals surface area contributed by atoms with E-state index in [4.69, 9.17) is 11.6 Å². The summed E-state index contributed by atoms with van der Waals surface area (Å²) in [6.07, 6.45) is 1.39. The molecule has 0 spiro atoms. The Hall–Kier alpha value is -3.64. The van der Waals surface area contributed by atoms with Crippen LogP contribution in [-0.4, -0.2) is 21.6 Å². The molecule has 0 unspecified atom stereocenters. The minimum absolute atomic E-state index is 0.0903. The summed E-state index contributed by atoms with van der Waals surface area (Å²) in [7, 11) is 0. The van der Waals surface area contributed by atoms with Gasteiger partial charge >= 0.3 is 5.69 Å². The average molecular weight is 490 g/mol. The Kier molecular flexibility index (Phi) is 7.83. The molecule has 1 heterocycles. The van der Waals surface area contributed by atoms with E-state index in [0.717, 1.165) is 12.0 Å². The molecular weight excluding hydrogens is 462 g/mol. The van der Waals surface area contributed by atoms with Crippen molar-refractivity contribution in [2.45, 2.75) is 39.3 Å². The van der Waals surface area contributed by atoms with E-state index in [2.05, 4.69) is 29.6 Å². The molecule has 0 aliphatic heterocycles. The Balaban J connectivity index is 1.44. The quantitative estimate of drug-likeness (QED) is 0.380. The van der Waals surface area contributed by atoms with Gasteiger partial charge in [0.15, 0.2) is 0 Å². The van der Waals surface area contributed by atoms with Crippen LogP contribution in [0.2, 0.25) is 5.02 Å². The predicted molar refractivity (Wildman–Crippen MR) is 140 cm³/mol. The molecule has 1 aromatic heterocycles. The molecule has 0 saturated carbocycles. The highest BCUT2D eigenvalue weighted by atomic mass is 35.5. The van der Waals surface area contributed by atoms with E-state index >= 15 is 0 Å². The summed E-state index contributed by atoms with van der Waals surface area (Å²) < 4.78 is 2.83. The van der Waals surface area contributed by atoms with Crippen LogP contribution >= 0.6 is 11.6 Å². The number of halogens is 1. The highest BCUT2D eigenvalue weighted by molar-refractivity contribution is 6.30. The lowest BCUT2D eigenvalue weighted by Crippen LogP contribution is -2.40. The Morgan fingerprint density at radius 2 is 1.57 bits per heavy atom. The molecule has 1 N–H and O–H groups in total. The minimum Gasteiger partial charge on any atom is -0.356 e. The van der Waals surface area contributed by atoms with Crippen LogP contribution in [0.1, 0.15) is 29.5 Å².